The Hall–Kier alpha value is -2.83. The molecule has 0 aliphatic carbocycles. The van der Waals surface area contributed by atoms with E-state index < -0.39 is 0 Å². The zero-order valence-electron chi connectivity index (χ0n) is 16.6. The Labute approximate surface area is 166 Å². The molecule has 1 aromatic heterocycles. The van der Waals surface area contributed by atoms with Gasteiger partial charge in [0.2, 0.25) is 5.91 Å². The van der Waals surface area contributed by atoms with E-state index in [0.29, 0.717) is 26.2 Å². The van der Waals surface area contributed by atoms with E-state index in [0.717, 1.165) is 18.4 Å². The molecule has 3 amide bonds. The number of amides is 3. The Balaban J connectivity index is 1.48. The molecule has 0 bridgehead atoms. The standard InChI is InChI=1S/C21H29N5O2/c1-16(2)24-20(27)19-9-6-10-25(15-19)21(28)22-11-18-12-23-26(14-18)13-17-7-4-3-5-8-17/h3-5,7-8,12,14,16,19H,6,9-11,13,15H2,1-2H3,(H,22,28)(H,24,27)/t19-/m1/s1. The summed E-state index contributed by atoms with van der Waals surface area (Å²) < 4.78 is 1.87. The molecular formula is C21H29N5O2. The molecule has 7 heteroatoms. The molecule has 0 saturated carbocycles. The Morgan fingerprint density at radius 2 is 2.00 bits per heavy atom. The Bertz CT molecular complexity index is 787. The number of likely N-dealkylation sites (tertiary alicyclic amines) is 1. The van der Waals surface area contributed by atoms with Crippen molar-refractivity contribution in [1.82, 2.24) is 25.3 Å². The van der Waals surface area contributed by atoms with Gasteiger partial charge in [0, 0.05) is 37.4 Å². The van der Waals surface area contributed by atoms with E-state index in [9.17, 15) is 9.59 Å². The summed E-state index contributed by atoms with van der Waals surface area (Å²) in [5.74, 6) is -0.0924. The maximum Gasteiger partial charge on any atom is 0.317 e. The summed E-state index contributed by atoms with van der Waals surface area (Å²) in [5, 5.41) is 10.3. The molecule has 1 atom stereocenters. The van der Waals surface area contributed by atoms with Crippen LogP contribution in [0, 0.1) is 5.92 Å². The van der Waals surface area contributed by atoms with E-state index in [1.54, 1.807) is 11.1 Å². The van der Waals surface area contributed by atoms with E-state index in [2.05, 4.69) is 27.9 Å². The minimum Gasteiger partial charge on any atom is -0.354 e. The normalized spacial score (nSPS) is 16.8. The number of hydrogen-bond donors (Lipinski definition) is 2. The maximum absolute atomic E-state index is 12.5. The molecule has 150 valence electrons. The van der Waals surface area contributed by atoms with Crippen LogP contribution >= 0.6 is 0 Å². The third-order valence-corrected chi connectivity index (χ3v) is 4.83. The maximum atomic E-state index is 12.5. The lowest BCUT2D eigenvalue weighted by Crippen LogP contribution is -2.49. The number of carbonyl (C=O) groups is 2. The smallest absolute Gasteiger partial charge is 0.317 e. The molecule has 2 heterocycles. The minimum absolute atomic E-state index is 0.0367. The molecule has 0 spiro atoms. The third-order valence-electron chi connectivity index (χ3n) is 4.83. The van der Waals surface area contributed by atoms with Crippen molar-refractivity contribution in [3.63, 3.8) is 0 Å². The monoisotopic (exact) mass is 383 g/mol. The van der Waals surface area contributed by atoms with Crippen LogP contribution in [0.1, 0.15) is 37.8 Å². The molecule has 3 rings (SSSR count). The predicted molar refractivity (Wildman–Crippen MR) is 108 cm³/mol. The summed E-state index contributed by atoms with van der Waals surface area (Å²) in [5.41, 5.74) is 2.13. The van der Waals surface area contributed by atoms with Crippen molar-refractivity contribution in [2.45, 2.75) is 45.8 Å². The molecule has 0 radical (unpaired) electrons. The van der Waals surface area contributed by atoms with Gasteiger partial charge in [-0.15, -0.1) is 0 Å². The summed E-state index contributed by atoms with van der Waals surface area (Å²) in [6.45, 7) is 6.18. The lowest BCUT2D eigenvalue weighted by atomic mass is 9.97. The first-order valence-electron chi connectivity index (χ1n) is 9.89. The fourth-order valence-electron chi connectivity index (χ4n) is 3.42. The Kier molecular flexibility index (Phi) is 6.68. The summed E-state index contributed by atoms with van der Waals surface area (Å²) in [7, 11) is 0. The topological polar surface area (TPSA) is 79.3 Å². The number of piperidine rings is 1. The molecular weight excluding hydrogens is 354 g/mol. The summed E-state index contributed by atoms with van der Waals surface area (Å²) in [4.78, 5) is 26.5. The average Bonchev–Trinajstić information content (AvgIpc) is 3.14. The predicted octanol–water partition coefficient (Wildman–Crippen LogP) is 2.38. The van der Waals surface area contributed by atoms with Gasteiger partial charge in [-0.2, -0.15) is 5.10 Å². The molecule has 1 fully saturated rings. The van der Waals surface area contributed by atoms with Crippen molar-refractivity contribution in [3.05, 3.63) is 53.9 Å². The van der Waals surface area contributed by atoms with Crippen LogP contribution in [0.2, 0.25) is 0 Å². The lowest BCUT2D eigenvalue weighted by molar-refractivity contribution is -0.126. The van der Waals surface area contributed by atoms with Crippen molar-refractivity contribution >= 4 is 11.9 Å². The highest BCUT2D eigenvalue weighted by Gasteiger charge is 2.28. The van der Waals surface area contributed by atoms with Gasteiger partial charge in [0.15, 0.2) is 0 Å². The molecule has 2 N–H and O–H groups in total. The number of nitrogens with zero attached hydrogens (tertiary/aromatic N) is 3. The van der Waals surface area contributed by atoms with E-state index in [-0.39, 0.29) is 23.9 Å². The van der Waals surface area contributed by atoms with Gasteiger partial charge in [-0.05, 0) is 32.3 Å². The van der Waals surface area contributed by atoms with E-state index in [1.165, 1.54) is 5.56 Å². The number of urea groups is 1. The van der Waals surface area contributed by atoms with Crippen LogP contribution in [0.25, 0.3) is 0 Å². The Morgan fingerprint density at radius 1 is 1.21 bits per heavy atom. The van der Waals surface area contributed by atoms with Gasteiger partial charge in [0.05, 0.1) is 18.7 Å². The van der Waals surface area contributed by atoms with Gasteiger partial charge >= 0.3 is 6.03 Å². The van der Waals surface area contributed by atoms with Crippen molar-refractivity contribution in [3.8, 4) is 0 Å². The van der Waals surface area contributed by atoms with E-state index >= 15 is 0 Å². The number of hydrogen-bond acceptors (Lipinski definition) is 3. The SMILES string of the molecule is CC(C)NC(=O)[C@@H]1CCCN(C(=O)NCc2cnn(Cc3ccccc3)c2)C1. The van der Waals surface area contributed by atoms with Crippen LogP contribution in [0.15, 0.2) is 42.7 Å². The summed E-state index contributed by atoms with van der Waals surface area (Å²) in [6, 6.07) is 10.1. The second kappa shape index (κ2) is 9.39. The third kappa shape index (κ3) is 5.58. The van der Waals surface area contributed by atoms with Crippen molar-refractivity contribution < 1.29 is 9.59 Å². The summed E-state index contributed by atoms with van der Waals surface area (Å²) in [6.07, 6.45) is 5.40. The zero-order valence-corrected chi connectivity index (χ0v) is 16.6. The lowest BCUT2D eigenvalue weighted by Gasteiger charge is -2.32. The fraction of sp³-hybridized carbons (Fsp3) is 0.476. The highest BCUT2D eigenvalue weighted by atomic mass is 16.2. The highest BCUT2D eigenvalue weighted by Crippen LogP contribution is 2.17. The number of rotatable bonds is 6. The van der Waals surface area contributed by atoms with E-state index in [1.807, 2.05) is 42.9 Å². The van der Waals surface area contributed by atoms with Crippen molar-refractivity contribution in [2.24, 2.45) is 5.92 Å². The van der Waals surface area contributed by atoms with Gasteiger partial charge in [-0.3, -0.25) is 9.48 Å². The largest absolute Gasteiger partial charge is 0.354 e. The molecule has 7 nitrogen and oxygen atoms in total. The van der Waals surface area contributed by atoms with Gasteiger partial charge < -0.3 is 15.5 Å². The van der Waals surface area contributed by atoms with Crippen LogP contribution in [0.4, 0.5) is 4.79 Å². The first kappa shape index (κ1) is 19.9. The number of aromatic nitrogens is 2. The quantitative estimate of drug-likeness (QED) is 0.804. The van der Waals surface area contributed by atoms with Crippen LogP contribution < -0.4 is 10.6 Å². The highest BCUT2D eigenvalue weighted by molar-refractivity contribution is 5.81. The first-order valence-corrected chi connectivity index (χ1v) is 9.89. The number of nitrogens with one attached hydrogen (secondary N) is 2. The van der Waals surface area contributed by atoms with E-state index in [4.69, 9.17) is 0 Å². The molecule has 2 aromatic rings. The van der Waals surface area contributed by atoms with Crippen LogP contribution in [0.5, 0.6) is 0 Å². The van der Waals surface area contributed by atoms with Crippen molar-refractivity contribution in [2.75, 3.05) is 13.1 Å². The van der Waals surface area contributed by atoms with Gasteiger partial charge in [-0.1, -0.05) is 30.3 Å². The first-order chi connectivity index (χ1) is 13.5. The fourth-order valence-corrected chi connectivity index (χ4v) is 3.42. The molecule has 0 unspecified atom stereocenters. The molecule has 1 aliphatic rings. The van der Waals surface area contributed by atoms with Gasteiger partial charge in [0.25, 0.3) is 0 Å². The second-order valence-corrected chi connectivity index (χ2v) is 7.64. The number of carbonyl (C=O) groups excluding carboxylic acids is 2. The van der Waals surface area contributed by atoms with Crippen LogP contribution in [0.3, 0.4) is 0 Å². The molecule has 1 aliphatic heterocycles. The van der Waals surface area contributed by atoms with Gasteiger partial charge in [-0.25, -0.2) is 4.79 Å². The van der Waals surface area contributed by atoms with Gasteiger partial charge in [0.1, 0.15) is 0 Å². The molecule has 1 aromatic carbocycles. The minimum atomic E-state index is -0.129. The summed E-state index contributed by atoms with van der Waals surface area (Å²) >= 11 is 0. The Morgan fingerprint density at radius 3 is 2.75 bits per heavy atom. The molecule has 28 heavy (non-hydrogen) atoms. The zero-order chi connectivity index (χ0) is 19.9. The van der Waals surface area contributed by atoms with Crippen LogP contribution in [-0.2, 0) is 17.9 Å². The van der Waals surface area contributed by atoms with Crippen molar-refractivity contribution in [1.29, 1.82) is 0 Å². The average molecular weight is 383 g/mol. The number of benzene rings is 1. The van der Waals surface area contributed by atoms with Crippen LogP contribution in [-0.4, -0.2) is 45.8 Å². The second-order valence-electron chi connectivity index (χ2n) is 7.64. The molecule has 1 saturated heterocycles.